The summed E-state index contributed by atoms with van der Waals surface area (Å²) < 4.78 is 7.29. The summed E-state index contributed by atoms with van der Waals surface area (Å²) >= 11 is 0. The van der Waals surface area contributed by atoms with Gasteiger partial charge in [-0.1, -0.05) is 54.6 Å². The fraction of sp³-hybridized carbons (Fsp3) is 0.406. The molecule has 3 aromatic rings. The SMILES string of the molecule is O=C(c1ccccc1)N1C[C@H]2OC34CCC1C2C31CCN(Cc2ccccc2)C4Cc2ccc(O)cc21. The van der Waals surface area contributed by atoms with Crippen LogP contribution in [-0.4, -0.2) is 57.7 Å². The second-order valence-electron chi connectivity index (χ2n) is 11.7. The van der Waals surface area contributed by atoms with Crippen LogP contribution in [0.2, 0.25) is 0 Å². The van der Waals surface area contributed by atoms with Gasteiger partial charge in [-0.2, -0.15) is 0 Å². The second-order valence-corrected chi connectivity index (χ2v) is 11.7. The van der Waals surface area contributed by atoms with Crippen molar-refractivity contribution in [2.75, 3.05) is 13.1 Å². The quantitative estimate of drug-likeness (QED) is 0.584. The van der Waals surface area contributed by atoms with Crippen molar-refractivity contribution in [3.8, 4) is 5.75 Å². The van der Waals surface area contributed by atoms with Gasteiger partial charge < -0.3 is 14.7 Å². The van der Waals surface area contributed by atoms with Gasteiger partial charge in [-0.3, -0.25) is 9.69 Å². The minimum Gasteiger partial charge on any atom is -0.508 e. The summed E-state index contributed by atoms with van der Waals surface area (Å²) in [6, 6.07) is 27.0. The van der Waals surface area contributed by atoms with Crippen molar-refractivity contribution < 1.29 is 14.6 Å². The normalized spacial score (nSPS) is 35.2. The molecule has 5 heteroatoms. The third-order valence-electron chi connectivity index (χ3n) is 10.4. The maximum absolute atomic E-state index is 13.7. The first-order valence-electron chi connectivity index (χ1n) is 13.7. The number of hydrogen-bond donors (Lipinski definition) is 1. The van der Waals surface area contributed by atoms with E-state index in [1.807, 2.05) is 42.5 Å². The van der Waals surface area contributed by atoms with Crippen molar-refractivity contribution in [1.82, 2.24) is 9.80 Å². The number of amides is 1. The highest BCUT2D eigenvalue weighted by atomic mass is 16.5. The molecule has 1 amide bonds. The summed E-state index contributed by atoms with van der Waals surface area (Å²) in [6.45, 7) is 2.59. The number of phenols is 1. The molecule has 0 spiro atoms. The molecule has 5 unspecified atom stereocenters. The number of piperidine rings is 1. The number of carbonyl (C=O) groups excluding carboxylic acids is 1. The van der Waals surface area contributed by atoms with Crippen molar-refractivity contribution in [3.63, 3.8) is 0 Å². The standard InChI is InChI=1S/C32H32N2O3/c35-24-12-11-23-17-28-32-14-13-26-29(27(37-32)20-34(26)30(36)22-9-5-2-6-10-22)31(32,25(23)18-24)15-16-33(28)19-21-7-3-1-4-8-21/h1-12,18,26-29,35H,13-17,19-20H2/t26?,27-,28?,29?,31?,32?/m1/s1. The van der Waals surface area contributed by atoms with Gasteiger partial charge >= 0.3 is 0 Å². The Morgan fingerprint density at radius 1 is 1.00 bits per heavy atom. The molecule has 4 bridgehead atoms. The Labute approximate surface area is 217 Å². The minimum atomic E-state index is -0.269. The van der Waals surface area contributed by atoms with Crippen molar-refractivity contribution in [2.24, 2.45) is 5.92 Å². The van der Waals surface area contributed by atoms with Crippen molar-refractivity contribution in [2.45, 2.75) is 61.4 Å². The molecule has 5 aliphatic rings. The summed E-state index contributed by atoms with van der Waals surface area (Å²) in [5.41, 5.74) is 4.29. The van der Waals surface area contributed by atoms with E-state index < -0.39 is 0 Å². The van der Waals surface area contributed by atoms with Gasteiger partial charge in [-0.05, 0) is 73.2 Å². The molecule has 6 atom stereocenters. The highest BCUT2D eigenvalue weighted by Crippen LogP contribution is 2.69. The van der Waals surface area contributed by atoms with Crippen LogP contribution in [0, 0.1) is 5.92 Å². The van der Waals surface area contributed by atoms with Gasteiger partial charge in [-0.25, -0.2) is 0 Å². The van der Waals surface area contributed by atoms with Gasteiger partial charge in [0.05, 0.1) is 11.7 Å². The molecule has 0 radical (unpaired) electrons. The Bertz CT molecular complexity index is 1380. The summed E-state index contributed by atoms with van der Waals surface area (Å²) in [6.07, 6.45) is 3.91. The molecule has 3 aromatic carbocycles. The molecule has 3 saturated heterocycles. The van der Waals surface area contributed by atoms with E-state index >= 15 is 0 Å². The number of likely N-dealkylation sites (tertiary alicyclic amines) is 2. The molecule has 1 N–H and O–H groups in total. The molecule has 4 fully saturated rings. The largest absolute Gasteiger partial charge is 0.508 e. The van der Waals surface area contributed by atoms with Gasteiger partial charge in [0.2, 0.25) is 0 Å². The second kappa shape index (κ2) is 7.68. The number of ether oxygens (including phenoxy) is 1. The zero-order valence-corrected chi connectivity index (χ0v) is 20.9. The van der Waals surface area contributed by atoms with Crippen LogP contribution in [-0.2, 0) is 23.1 Å². The summed E-state index contributed by atoms with van der Waals surface area (Å²) in [5.74, 6) is 0.719. The van der Waals surface area contributed by atoms with E-state index in [9.17, 15) is 9.90 Å². The average molecular weight is 493 g/mol. The molecule has 3 aliphatic heterocycles. The third-order valence-corrected chi connectivity index (χ3v) is 10.4. The lowest BCUT2D eigenvalue weighted by atomic mass is 9.46. The van der Waals surface area contributed by atoms with E-state index in [0.29, 0.717) is 18.3 Å². The number of fused-ring (bicyclic) bond motifs is 1. The highest BCUT2D eigenvalue weighted by Gasteiger charge is 2.78. The lowest BCUT2D eigenvalue weighted by Crippen LogP contribution is -2.74. The minimum absolute atomic E-state index is 0.0348. The first-order chi connectivity index (χ1) is 18.1. The molecule has 8 rings (SSSR count). The number of nitrogens with zero attached hydrogens (tertiary/aromatic N) is 2. The molecule has 37 heavy (non-hydrogen) atoms. The highest BCUT2D eigenvalue weighted by molar-refractivity contribution is 5.94. The van der Waals surface area contributed by atoms with Crippen LogP contribution >= 0.6 is 0 Å². The number of benzene rings is 3. The van der Waals surface area contributed by atoms with Crippen LogP contribution < -0.4 is 0 Å². The van der Waals surface area contributed by atoms with Crippen molar-refractivity contribution in [1.29, 1.82) is 0 Å². The van der Waals surface area contributed by atoms with Gasteiger partial charge in [0.1, 0.15) is 5.75 Å². The third kappa shape index (κ3) is 2.79. The average Bonchev–Trinajstić information content (AvgIpc) is 3.38. The number of hydrogen-bond acceptors (Lipinski definition) is 4. The lowest BCUT2D eigenvalue weighted by molar-refractivity contribution is -0.172. The Morgan fingerprint density at radius 3 is 2.59 bits per heavy atom. The van der Waals surface area contributed by atoms with Crippen molar-refractivity contribution in [3.05, 3.63) is 101 Å². The molecule has 5 nitrogen and oxygen atoms in total. The molecule has 1 saturated carbocycles. The Kier molecular flexibility index (Phi) is 4.55. The molecule has 2 aliphatic carbocycles. The monoisotopic (exact) mass is 492 g/mol. The predicted octanol–water partition coefficient (Wildman–Crippen LogP) is 4.53. The van der Waals surface area contributed by atoms with E-state index in [-0.39, 0.29) is 35.0 Å². The fourth-order valence-electron chi connectivity index (χ4n) is 9.16. The smallest absolute Gasteiger partial charge is 0.254 e. The topological polar surface area (TPSA) is 53.0 Å². The molecule has 188 valence electrons. The number of carbonyl (C=O) groups is 1. The first-order valence-corrected chi connectivity index (χ1v) is 13.7. The summed E-state index contributed by atoms with van der Waals surface area (Å²) in [5, 5.41) is 10.6. The van der Waals surface area contributed by atoms with Gasteiger partial charge in [0.15, 0.2) is 0 Å². The Morgan fingerprint density at radius 2 is 1.78 bits per heavy atom. The van der Waals surface area contributed by atoms with Crippen LogP contribution in [0.15, 0.2) is 78.9 Å². The van der Waals surface area contributed by atoms with Crippen molar-refractivity contribution >= 4 is 5.91 Å². The number of phenolic OH excluding ortho intramolecular Hbond substituents is 1. The number of aromatic hydroxyl groups is 1. The van der Waals surface area contributed by atoms with Crippen LogP contribution in [0.1, 0.15) is 46.3 Å². The van der Waals surface area contributed by atoms with Crippen LogP contribution in [0.5, 0.6) is 5.75 Å². The van der Waals surface area contributed by atoms with Gasteiger partial charge in [-0.15, -0.1) is 0 Å². The summed E-state index contributed by atoms with van der Waals surface area (Å²) in [4.78, 5) is 18.5. The molecular weight excluding hydrogens is 460 g/mol. The first kappa shape index (κ1) is 21.9. The maximum atomic E-state index is 13.7. The fourth-order valence-corrected chi connectivity index (χ4v) is 9.16. The van der Waals surface area contributed by atoms with E-state index in [4.69, 9.17) is 4.74 Å². The van der Waals surface area contributed by atoms with E-state index in [1.54, 1.807) is 0 Å². The Balaban J connectivity index is 1.23. The Hall–Kier alpha value is -3.15. The zero-order valence-electron chi connectivity index (χ0n) is 20.9. The van der Waals surface area contributed by atoms with Gasteiger partial charge in [0.25, 0.3) is 5.91 Å². The maximum Gasteiger partial charge on any atom is 0.254 e. The van der Waals surface area contributed by atoms with Crippen LogP contribution in [0.4, 0.5) is 0 Å². The van der Waals surface area contributed by atoms with Gasteiger partial charge in [0, 0.05) is 42.1 Å². The molecule has 0 aromatic heterocycles. The van der Waals surface area contributed by atoms with E-state index in [1.165, 1.54) is 16.7 Å². The molecular formula is C32H32N2O3. The van der Waals surface area contributed by atoms with Crippen LogP contribution in [0.3, 0.4) is 0 Å². The lowest BCUT2D eigenvalue weighted by Gasteiger charge is -2.64. The molecule has 3 heterocycles. The zero-order chi connectivity index (χ0) is 24.8. The number of rotatable bonds is 3. The summed E-state index contributed by atoms with van der Waals surface area (Å²) in [7, 11) is 0. The van der Waals surface area contributed by atoms with E-state index in [0.717, 1.165) is 44.3 Å². The predicted molar refractivity (Wildman–Crippen MR) is 140 cm³/mol. The van der Waals surface area contributed by atoms with Crippen LogP contribution in [0.25, 0.3) is 0 Å². The van der Waals surface area contributed by atoms with E-state index in [2.05, 4.69) is 46.2 Å².